The fraction of sp³-hybridized carbons (Fsp3) is 0.333. The number of thiocarbonyl (C=S) groups is 1. The fourth-order valence-electron chi connectivity index (χ4n) is 0.210. The molecule has 10 heavy (non-hydrogen) atoms. The van der Waals surface area contributed by atoms with E-state index in [-0.39, 0.29) is 4.32 Å². The number of rotatable bonds is 2. The minimum atomic E-state index is -2.27. The van der Waals surface area contributed by atoms with E-state index in [2.05, 4.69) is 17.5 Å². The highest BCUT2D eigenvalue weighted by Gasteiger charge is 2.03. The summed E-state index contributed by atoms with van der Waals surface area (Å²) in [4.78, 5) is 9.82. The molecule has 1 unspecified atom stereocenters. The average molecular weight is 183 g/mol. The quantitative estimate of drug-likeness (QED) is 0.382. The van der Waals surface area contributed by atoms with Gasteiger partial charge in [-0.15, -0.1) is 0 Å². The first-order chi connectivity index (χ1) is 4.54. The standard InChI is InChI=1S/C3H5NO4S2/c5-2(6)1-4-3(9)10(7)8/h1H2,(H,4,9)(H,5,6)(H,7,8). The molecule has 58 valence electrons. The third-order valence-corrected chi connectivity index (χ3v) is 1.58. The lowest BCUT2D eigenvalue weighted by molar-refractivity contribution is -0.135. The van der Waals surface area contributed by atoms with Crippen LogP contribution in [0.4, 0.5) is 0 Å². The van der Waals surface area contributed by atoms with Crippen LogP contribution in [0, 0.1) is 0 Å². The lowest BCUT2D eigenvalue weighted by Gasteiger charge is -1.97. The molecule has 0 saturated heterocycles. The molecule has 0 radical (unpaired) electrons. The zero-order chi connectivity index (χ0) is 8.15. The van der Waals surface area contributed by atoms with Gasteiger partial charge in [-0.2, -0.15) is 0 Å². The van der Waals surface area contributed by atoms with E-state index in [1.54, 1.807) is 0 Å². The van der Waals surface area contributed by atoms with Gasteiger partial charge in [-0.1, -0.05) is 0 Å². The maximum absolute atomic E-state index is 10.0. The summed E-state index contributed by atoms with van der Waals surface area (Å²) in [6.45, 7) is -0.439. The molecule has 0 heterocycles. The second-order valence-corrected chi connectivity index (χ2v) is 2.86. The Kier molecular flexibility index (Phi) is 4.08. The Morgan fingerprint density at radius 2 is 2.20 bits per heavy atom. The molecule has 0 rings (SSSR count). The van der Waals surface area contributed by atoms with E-state index >= 15 is 0 Å². The van der Waals surface area contributed by atoms with Gasteiger partial charge in [0.1, 0.15) is 6.54 Å². The summed E-state index contributed by atoms with van der Waals surface area (Å²) in [6, 6.07) is 0. The Hall–Kier alpha value is -0.530. The topological polar surface area (TPSA) is 86.6 Å². The molecule has 7 heteroatoms. The van der Waals surface area contributed by atoms with E-state index in [1.165, 1.54) is 0 Å². The first-order valence-electron chi connectivity index (χ1n) is 2.14. The van der Waals surface area contributed by atoms with Gasteiger partial charge in [-0.05, 0) is 12.2 Å². The fourth-order valence-corrected chi connectivity index (χ4v) is 0.477. The van der Waals surface area contributed by atoms with Crippen LogP contribution in [0.2, 0.25) is 0 Å². The van der Waals surface area contributed by atoms with Crippen molar-refractivity contribution in [3.8, 4) is 0 Å². The largest absolute Gasteiger partial charge is 0.480 e. The maximum Gasteiger partial charge on any atom is 0.322 e. The van der Waals surface area contributed by atoms with E-state index in [0.717, 1.165) is 0 Å². The molecular formula is C3H5NO4S2. The van der Waals surface area contributed by atoms with Gasteiger partial charge >= 0.3 is 5.97 Å². The Balaban J connectivity index is 3.60. The van der Waals surface area contributed by atoms with Gasteiger partial charge in [-0.25, -0.2) is 4.21 Å². The summed E-state index contributed by atoms with van der Waals surface area (Å²) in [5.74, 6) is -1.13. The summed E-state index contributed by atoms with van der Waals surface area (Å²) in [6.07, 6.45) is 0. The highest BCUT2D eigenvalue weighted by molar-refractivity contribution is 8.09. The SMILES string of the molecule is O=C(O)CNC(=S)S(=O)O. The second kappa shape index (κ2) is 4.31. The van der Waals surface area contributed by atoms with E-state index in [1.807, 2.05) is 0 Å². The maximum atomic E-state index is 10.0. The molecule has 0 aromatic heterocycles. The van der Waals surface area contributed by atoms with Crippen molar-refractivity contribution in [2.45, 2.75) is 0 Å². The van der Waals surface area contributed by atoms with E-state index in [4.69, 9.17) is 9.66 Å². The van der Waals surface area contributed by atoms with Crippen molar-refractivity contribution in [1.29, 1.82) is 0 Å². The summed E-state index contributed by atoms with van der Waals surface area (Å²) >= 11 is 2.00. The molecule has 1 atom stereocenters. The van der Waals surface area contributed by atoms with Crippen LogP contribution in [0.15, 0.2) is 0 Å². The van der Waals surface area contributed by atoms with Gasteiger partial charge in [0.05, 0.1) is 0 Å². The van der Waals surface area contributed by atoms with Gasteiger partial charge in [0, 0.05) is 0 Å². The normalized spacial score (nSPS) is 12.1. The van der Waals surface area contributed by atoms with Gasteiger partial charge < -0.3 is 15.0 Å². The van der Waals surface area contributed by atoms with Crippen molar-refractivity contribution in [3.63, 3.8) is 0 Å². The molecule has 0 aromatic rings. The summed E-state index contributed by atoms with van der Waals surface area (Å²) in [5.41, 5.74) is 0. The average Bonchev–Trinajstić information content (AvgIpc) is 1.82. The van der Waals surface area contributed by atoms with E-state index in [9.17, 15) is 9.00 Å². The van der Waals surface area contributed by atoms with Crippen LogP contribution >= 0.6 is 12.2 Å². The van der Waals surface area contributed by atoms with E-state index < -0.39 is 23.6 Å². The monoisotopic (exact) mass is 183 g/mol. The third kappa shape index (κ3) is 4.36. The smallest absolute Gasteiger partial charge is 0.322 e. The number of hydrogen-bond donors (Lipinski definition) is 3. The number of hydrogen-bond acceptors (Lipinski definition) is 3. The van der Waals surface area contributed by atoms with Crippen LogP contribution in [0.1, 0.15) is 0 Å². The molecule has 3 N–H and O–H groups in total. The highest BCUT2D eigenvalue weighted by Crippen LogP contribution is 1.76. The van der Waals surface area contributed by atoms with Crippen LogP contribution in [0.3, 0.4) is 0 Å². The predicted molar refractivity (Wildman–Crippen MR) is 39.0 cm³/mol. The Morgan fingerprint density at radius 1 is 1.70 bits per heavy atom. The number of nitrogens with one attached hydrogen (secondary N) is 1. The van der Waals surface area contributed by atoms with Crippen molar-refractivity contribution in [3.05, 3.63) is 0 Å². The van der Waals surface area contributed by atoms with Crippen LogP contribution in [-0.4, -0.2) is 30.7 Å². The van der Waals surface area contributed by atoms with Crippen LogP contribution < -0.4 is 5.32 Å². The molecule has 0 aliphatic carbocycles. The molecule has 0 spiro atoms. The first-order valence-corrected chi connectivity index (χ1v) is 3.66. The van der Waals surface area contributed by atoms with Crippen molar-refractivity contribution in [2.75, 3.05) is 6.54 Å². The number of carboxylic acid groups (broad SMARTS) is 1. The Morgan fingerprint density at radius 3 is 2.50 bits per heavy atom. The Bertz CT molecular complexity index is 179. The summed E-state index contributed by atoms with van der Waals surface area (Å²) < 4.78 is 17.9. The highest BCUT2D eigenvalue weighted by atomic mass is 32.2. The van der Waals surface area contributed by atoms with Gasteiger partial charge in [0.25, 0.3) is 0 Å². The predicted octanol–water partition coefficient (Wildman–Crippen LogP) is -0.833. The molecule has 0 fully saturated rings. The number of carbonyl (C=O) groups is 1. The Labute approximate surface area is 64.7 Å². The summed E-state index contributed by atoms with van der Waals surface area (Å²) in [7, 11) is 0. The zero-order valence-corrected chi connectivity index (χ0v) is 6.37. The van der Waals surface area contributed by atoms with Crippen LogP contribution in [0.5, 0.6) is 0 Å². The molecule has 0 aliphatic heterocycles. The molecule has 0 aliphatic rings. The zero-order valence-electron chi connectivity index (χ0n) is 4.73. The van der Waals surface area contributed by atoms with Gasteiger partial charge in [0.15, 0.2) is 4.32 Å². The number of aliphatic carboxylic acids is 1. The van der Waals surface area contributed by atoms with Gasteiger partial charge in [-0.3, -0.25) is 4.79 Å². The van der Waals surface area contributed by atoms with Crippen molar-refractivity contribution in [2.24, 2.45) is 0 Å². The lowest BCUT2D eigenvalue weighted by Crippen LogP contribution is -2.30. The third-order valence-electron chi connectivity index (χ3n) is 0.543. The van der Waals surface area contributed by atoms with Crippen molar-refractivity contribution in [1.82, 2.24) is 5.32 Å². The lowest BCUT2D eigenvalue weighted by atomic mass is 10.7. The van der Waals surface area contributed by atoms with Crippen LogP contribution in [0.25, 0.3) is 0 Å². The molecule has 0 aromatic carbocycles. The second-order valence-electron chi connectivity index (χ2n) is 1.28. The minimum Gasteiger partial charge on any atom is -0.480 e. The van der Waals surface area contributed by atoms with Crippen molar-refractivity contribution >= 4 is 33.6 Å². The molecule has 5 nitrogen and oxygen atoms in total. The van der Waals surface area contributed by atoms with Crippen molar-refractivity contribution < 1.29 is 18.7 Å². The minimum absolute atomic E-state index is 0.373. The van der Waals surface area contributed by atoms with Crippen LogP contribution in [-0.2, 0) is 15.9 Å². The molecular weight excluding hydrogens is 178 g/mol. The molecule has 0 saturated carbocycles. The first kappa shape index (κ1) is 9.47. The molecule has 0 bridgehead atoms. The summed E-state index contributed by atoms with van der Waals surface area (Å²) in [5, 5.41) is 10.1. The number of carboxylic acids is 1. The van der Waals surface area contributed by atoms with E-state index in [0.29, 0.717) is 0 Å². The van der Waals surface area contributed by atoms with Gasteiger partial charge in [0.2, 0.25) is 11.1 Å². The molecule has 0 amide bonds.